The molecule has 1 atom stereocenters. The highest BCUT2D eigenvalue weighted by molar-refractivity contribution is 5.87. The van der Waals surface area contributed by atoms with Crippen molar-refractivity contribution in [2.24, 2.45) is 0 Å². The molecule has 0 radical (unpaired) electrons. The highest BCUT2D eigenvalue weighted by Gasteiger charge is 2.39. The minimum atomic E-state index is -0.479. The highest BCUT2D eigenvalue weighted by atomic mass is 16.6. The van der Waals surface area contributed by atoms with Gasteiger partial charge in [0.2, 0.25) is 5.91 Å². The van der Waals surface area contributed by atoms with Gasteiger partial charge < -0.3 is 29.7 Å². The second-order valence-electron chi connectivity index (χ2n) is 8.57. The normalized spacial score (nSPS) is 16.1. The quantitative estimate of drug-likeness (QED) is 0.390. The second kappa shape index (κ2) is 10.0. The highest BCUT2D eigenvalue weighted by Crippen LogP contribution is 2.52. The Balaban J connectivity index is 1.78. The summed E-state index contributed by atoms with van der Waals surface area (Å²) < 4.78 is 11.0. The lowest BCUT2D eigenvalue weighted by Gasteiger charge is -2.42. The Bertz CT molecular complexity index is 1100. The van der Waals surface area contributed by atoms with Crippen LogP contribution in [-0.4, -0.2) is 83.5 Å². The first-order valence-electron chi connectivity index (χ1n) is 11.4. The summed E-state index contributed by atoms with van der Waals surface area (Å²) in [4.78, 5) is 28.8. The molecule has 1 heterocycles. The van der Waals surface area contributed by atoms with E-state index in [1.165, 1.54) is 14.0 Å². The number of phenolic OH excluding ortho intramolecular Hbond substituents is 1. The van der Waals surface area contributed by atoms with Crippen LogP contribution in [-0.2, 0) is 22.4 Å². The number of carbonyl (C=O) groups excluding carboxylic acids is 2. The van der Waals surface area contributed by atoms with Gasteiger partial charge in [-0.1, -0.05) is 6.07 Å². The number of esters is 1. The molecule has 4 rings (SSSR count). The molecule has 1 aliphatic carbocycles. The van der Waals surface area contributed by atoms with Crippen LogP contribution in [0.4, 0.5) is 0 Å². The van der Waals surface area contributed by atoms with Crippen LogP contribution >= 0.6 is 0 Å². The number of hydrogen-bond donors (Lipinski definition) is 3. The molecule has 1 amide bonds. The fourth-order valence-electron chi connectivity index (χ4n) is 5.09. The monoisotopic (exact) mass is 470 g/mol. The SMILES string of the molecule is COc1ccc2c(c1OC(C)=O)-c1cc(O)cc3c1C(C2)N(C(=O)CN(CCO)CCO)CC3. The Morgan fingerprint density at radius 1 is 1.15 bits per heavy atom. The van der Waals surface area contributed by atoms with Crippen LogP contribution in [0.25, 0.3) is 11.1 Å². The lowest BCUT2D eigenvalue weighted by atomic mass is 9.76. The molecule has 182 valence electrons. The molecule has 0 aromatic heterocycles. The number of nitrogens with zero attached hydrogens (tertiary/aromatic N) is 2. The van der Waals surface area contributed by atoms with Crippen LogP contribution in [0.15, 0.2) is 24.3 Å². The first-order chi connectivity index (χ1) is 16.4. The smallest absolute Gasteiger partial charge is 0.308 e. The molecular formula is C25H30N2O7. The number of fused-ring (bicyclic) bond motifs is 2. The number of ether oxygens (including phenoxy) is 2. The number of phenols is 1. The van der Waals surface area contributed by atoms with Gasteiger partial charge in [0.25, 0.3) is 0 Å². The molecule has 1 aliphatic heterocycles. The molecule has 0 saturated heterocycles. The molecule has 0 saturated carbocycles. The van der Waals surface area contributed by atoms with E-state index in [0.29, 0.717) is 49.5 Å². The number of hydrogen-bond acceptors (Lipinski definition) is 8. The fourth-order valence-corrected chi connectivity index (χ4v) is 5.09. The molecule has 2 aromatic rings. The predicted molar refractivity (Wildman–Crippen MR) is 124 cm³/mol. The van der Waals surface area contributed by atoms with Crippen molar-refractivity contribution in [3.63, 3.8) is 0 Å². The zero-order valence-electron chi connectivity index (χ0n) is 19.4. The number of methoxy groups -OCH3 is 1. The predicted octanol–water partition coefficient (Wildman–Crippen LogP) is 1.26. The third kappa shape index (κ3) is 4.46. The van der Waals surface area contributed by atoms with Crippen molar-refractivity contribution in [2.45, 2.75) is 25.8 Å². The molecule has 9 nitrogen and oxygen atoms in total. The fraction of sp³-hybridized carbons (Fsp3) is 0.440. The Kier molecular flexibility index (Phi) is 7.06. The van der Waals surface area contributed by atoms with Crippen LogP contribution in [0, 0.1) is 0 Å². The van der Waals surface area contributed by atoms with Gasteiger partial charge in [-0.2, -0.15) is 0 Å². The molecule has 9 heteroatoms. The number of aliphatic hydroxyl groups excluding tert-OH is 2. The number of amides is 1. The van der Waals surface area contributed by atoms with Crippen molar-refractivity contribution in [1.29, 1.82) is 0 Å². The summed E-state index contributed by atoms with van der Waals surface area (Å²) in [6, 6.07) is 6.77. The first kappa shape index (κ1) is 24.0. The molecule has 0 fully saturated rings. The molecular weight excluding hydrogens is 440 g/mol. The van der Waals surface area contributed by atoms with E-state index in [1.807, 2.05) is 11.0 Å². The van der Waals surface area contributed by atoms with Gasteiger partial charge in [-0.3, -0.25) is 14.5 Å². The van der Waals surface area contributed by atoms with Crippen LogP contribution in [0.1, 0.15) is 29.7 Å². The maximum atomic E-state index is 13.3. The molecule has 2 aromatic carbocycles. The van der Waals surface area contributed by atoms with Crippen molar-refractivity contribution >= 4 is 11.9 Å². The topological polar surface area (TPSA) is 120 Å². The Hall–Kier alpha value is -3.14. The van der Waals surface area contributed by atoms with E-state index < -0.39 is 5.97 Å². The average Bonchev–Trinajstić information content (AvgIpc) is 2.79. The van der Waals surface area contributed by atoms with Gasteiger partial charge in [0.05, 0.1) is 32.9 Å². The van der Waals surface area contributed by atoms with Crippen molar-refractivity contribution in [3.05, 3.63) is 41.0 Å². The summed E-state index contributed by atoms with van der Waals surface area (Å²) in [5.74, 6) is 0.256. The lowest BCUT2D eigenvalue weighted by Crippen LogP contribution is -2.47. The minimum Gasteiger partial charge on any atom is -0.508 e. The summed E-state index contributed by atoms with van der Waals surface area (Å²) in [6.07, 6.45) is 1.09. The Morgan fingerprint density at radius 2 is 1.88 bits per heavy atom. The van der Waals surface area contributed by atoms with E-state index in [4.69, 9.17) is 9.47 Å². The van der Waals surface area contributed by atoms with E-state index in [1.54, 1.807) is 23.1 Å². The van der Waals surface area contributed by atoms with Crippen molar-refractivity contribution in [1.82, 2.24) is 9.80 Å². The van der Waals surface area contributed by atoms with E-state index in [-0.39, 0.29) is 37.5 Å². The van der Waals surface area contributed by atoms with Gasteiger partial charge in [-0.05, 0) is 53.3 Å². The largest absolute Gasteiger partial charge is 0.508 e. The van der Waals surface area contributed by atoms with Gasteiger partial charge in [0.1, 0.15) is 5.75 Å². The average molecular weight is 471 g/mol. The lowest BCUT2D eigenvalue weighted by molar-refractivity contribution is -0.135. The van der Waals surface area contributed by atoms with Crippen LogP contribution in [0.5, 0.6) is 17.2 Å². The van der Waals surface area contributed by atoms with Gasteiger partial charge in [-0.25, -0.2) is 0 Å². The third-order valence-electron chi connectivity index (χ3n) is 6.45. The summed E-state index contributed by atoms with van der Waals surface area (Å²) in [6.45, 7) is 2.31. The standard InChI is InChI=1S/C25H30N2O7/c1-15(30)34-25-21(33-2)4-3-16-12-20-23-17(11-18(31)13-19(23)24(16)25)5-6-27(20)22(32)14-26(7-9-28)8-10-29/h3-4,11,13,20,28-29,31H,5-10,12,14H2,1-2H3. The van der Waals surface area contributed by atoms with Gasteiger partial charge in [0.15, 0.2) is 11.5 Å². The van der Waals surface area contributed by atoms with Crippen LogP contribution in [0.2, 0.25) is 0 Å². The first-order valence-corrected chi connectivity index (χ1v) is 11.4. The molecule has 2 aliphatic rings. The maximum absolute atomic E-state index is 13.3. The number of benzene rings is 2. The zero-order chi connectivity index (χ0) is 24.4. The van der Waals surface area contributed by atoms with E-state index in [0.717, 1.165) is 22.3 Å². The number of aromatic hydroxyl groups is 1. The van der Waals surface area contributed by atoms with Crippen molar-refractivity contribution < 1.29 is 34.4 Å². The minimum absolute atomic E-state index is 0.0891. The molecule has 3 N–H and O–H groups in total. The van der Waals surface area contributed by atoms with Crippen molar-refractivity contribution in [3.8, 4) is 28.4 Å². The zero-order valence-corrected chi connectivity index (χ0v) is 19.4. The van der Waals surface area contributed by atoms with E-state index in [9.17, 15) is 24.9 Å². The van der Waals surface area contributed by atoms with Crippen LogP contribution in [0.3, 0.4) is 0 Å². The summed E-state index contributed by atoms with van der Waals surface area (Å²) >= 11 is 0. The molecule has 0 spiro atoms. The third-order valence-corrected chi connectivity index (χ3v) is 6.45. The molecule has 1 unspecified atom stereocenters. The summed E-state index contributed by atoms with van der Waals surface area (Å²) in [5, 5.41) is 29.1. The van der Waals surface area contributed by atoms with E-state index >= 15 is 0 Å². The van der Waals surface area contributed by atoms with Gasteiger partial charge in [0, 0.05) is 32.1 Å². The van der Waals surface area contributed by atoms with Gasteiger partial charge in [-0.15, -0.1) is 0 Å². The molecule has 0 bridgehead atoms. The molecule has 34 heavy (non-hydrogen) atoms. The Labute approximate surface area is 198 Å². The summed E-state index contributed by atoms with van der Waals surface area (Å²) in [5.41, 5.74) is 4.18. The number of carbonyl (C=O) groups is 2. The van der Waals surface area contributed by atoms with E-state index in [2.05, 4.69) is 0 Å². The van der Waals surface area contributed by atoms with Crippen molar-refractivity contribution in [2.75, 3.05) is 46.5 Å². The maximum Gasteiger partial charge on any atom is 0.308 e. The Morgan fingerprint density at radius 3 is 2.53 bits per heavy atom. The number of aliphatic hydroxyl groups is 2. The van der Waals surface area contributed by atoms with Gasteiger partial charge >= 0.3 is 5.97 Å². The number of rotatable bonds is 8. The van der Waals surface area contributed by atoms with Crippen LogP contribution < -0.4 is 9.47 Å². The second-order valence-corrected chi connectivity index (χ2v) is 8.57. The summed E-state index contributed by atoms with van der Waals surface area (Å²) in [7, 11) is 1.50.